The molecule has 11 nitrogen and oxygen atoms in total. The summed E-state index contributed by atoms with van der Waals surface area (Å²) in [5, 5.41) is 7.27. The Kier molecular flexibility index (Phi) is 10.9. The van der Waals surface area contributed by atoms with Gasteiger partial charge in [-0.05, 0) is 56.9 Å². The molecule has 0 spiro atoms. The van der Waals surface area contributed by atoms with Gasteiger partial charge < -0.3 is 30.0 Å². The number of amides is 1. The molecule has 1 saturated carbocycles. The van der Waals surface area contributed by atoms with E-state index in [-0.39, 0.29) is 11.9 Å². The summed E-state index contributed by atoms with van der Waals surface area (Å²) >= 11 is 0. The summed E-state index contributed by atoms with van der Waals surface area (Å²) in [5.41, 5.74) is 8.02. The molecule has 40 heavy (non-hydrogen) atoms. The number of nitrogens with one attached hydrogen (secondary N) is 1. The number of likely N-dealkylation sites (tertiary alicyclic amines) is 1. The molecule has 3 heterocycles. The first-order chi connectivity index (χ1) is 19.4. The maximum absolute atomic E-state index is 11.4. The second-order valence-electron chi connectivity index (χ2n) is 9.27. The van der Waals surface area contributed by atoms with Gasteiger partial charge in [0.1, 0.15) is 22.8 Å². The van der Waals surface area contributed by atoms with Crippen LogP contribution in [0.25, 0.3) is 11.0 Å². The molecular weight excluding hydrogens is 510 g/mol. The lowest BCUT2D eigenvalue weighted by molar-refractivity contribution is -0.127. The average Bonchev–Trinajstić information content (AvgIpc) is 3.42. The summed E-state index contributed by atoms with van der Waals surface area (Å²) in [7, 11) is 8.33. The van der Waals surface area contributed by atoms with Crippen molar-refractivity contribution >= 4 is 29.0 Å². The Morgan fingerprint density at radius 3 is 2.60 bits per heavy atom. The van der Waals surface area contributed by atoms with E-state index in [1.54, 1.807) is 33.0 Å². The average molecular weight is 550 g/mol. The van der Waals surface area contributed by atoms with E-state index in [4.69, 9.17) is 9.47 Å². The molecule has 2 fully saturated rings. The molecule has 1 amide bonds. The third kappa shape index (κ3) is 6.70. The summed E-state index contributed by atoms with van der Waals surface area (Å²) < 4.78 is 14.4. The van der Waals surface area contributed by atoms with Crippen molar-refractivity contribution in [2.45, 2.75) is 37.8 Å². The zero-order chi connectivity index (χ0) is 29.2. The van der Waals surface area contributed by atoms with Crippen LogP contribution in [-0.4, -0.2) is 83.9 Å². The molecule has 5 rings (SSSR count). The number of fused-ring (bicyclic) bond motifs is 1. The summed E-state index contributed by atoms with van der Waals surface area (Å²) in [4.78, 5) is 29.0. The number of carbonyl (C=O) groups excluding carboxylic acids is 2. The van der Waals surface area contributed by atoms with Gasteiger partial charge in [-0.3, -0.25) is 14.3 Å². The number of nitrogens with zero attached hydrogens (tertiary/aromatic N) is 5. The first-order valence-corrected chi connectivity index (χ1v) is 13.2. The van der Waals surface area contributed by atoms with Crippen molar-refractivity contribution < 1.29 is 19.1 Å². The first kappa shape index (κ1) is 30.4. The number of ether oxygens (including phenoxy) is 2. The molecule has 1 aromatic carbocycles. The number of methoxy groups -OCH3 is 2. The molecule has 1 aliphatic carbocycles. The fourth-order valence-electron chi connectivity index (χ4n) is 4.77. The van der Waals surface area contributed by atoms with Crippen LogP contribution in [-0.2, 0) is 16.6 Å². The number of anilines is 1. The SMILES string of the molecule is C=CC(=O)N1CCCC1COC.CN.CNc1c(C=O)c(C#Cc2cc(OC)c3c(c2)ncn3C2CC2)nn1C. The molecule has 0 radical (unpaired) electrons. The highest BCUT2D eigenvalue weighted by Gasteiger charge is 2.27. The van der Waals surface area contributed by atoms with Gasteiger partial charge in [-0.15, -0.1) is 0 Å². The molecule has 1 unspecified atom stereocenters. The maximum atomic E-state index is 11.4. The zero-order valence-corrected chi connectivity index (χ0v) is 23.9. The van der Waals surface area contributed by atoms with Gasteiger partial charge in [-0.25, -0.2) is 4.98 Å². The van der Waals surface area contributed by atoms with Gasteiger partial charge in [-0.1, -0.05) is 12.5 Å². The van der Waals surface area contributed by atoms with E-state index in [2.05, 4.69) is 44.1 Å². The molecule has 3 aromatic rings. The fraction of sp³-hybridized carbons (Fsp3) is 0.448. The van der Waals surface area contributed by atoms with Gasteiger partial charge in [0.05, 0.1) is 37.2 Å². The monoisotopic (exact) mass is 549 g/mol. The number of hydrogen-bond acceptors (Lipinski definition) is 8. The molecular formula is C29H39N7O4. The normalized spacial score (nSPS) is 15.7. The Morgan fingerprint density at radius 1 is 1.25 bits per heavy atom. The van der Waals surface area contributed by atoms with Gasteiger partial charge in [0.15, 0.2) is 6.29 Å². The lowest BCUT2D eigenvalue weighted by Gasteiger charge is -2.22. The van der Waals surface area contributed by atoms with Gasteiger partial charge >= 0.3 is 0 Å². The molecule has 11 heteroatoms. The minimum atomic E-state index is 0.0227. The van der Waals surface area contributed by atoms with Crippen LogP contribution in [0.2, 0.25) is 0 Å². The van der Waals surface area contributed by atoms with Gasteiger partial charge in [0, 0.05) is 39.4 Å². The second kappa shape index (κ2) is 14.3. The van der Waals surface area contributed by atoms with Crippen LogP contribution in [0.3, 0.4) is 0 Å². The van der Waals surface area contributed by atoms with Crippen molar-refractivity contribution in [3.63, 3.8) is 0 Å². The van der Waals surface area contributed by atoms with Crippen molar-refractivity contribution in [1.82, 2.24) is 24.2 Å². The third-order valence-electron chi connectivity index (χ3n) is 6.75. The van der Waals surface area contributed by atoms with Crippen molar-refractivity contribution in [1.29, 1.82) is 0 Å². The highest BCUT2D eigenvalue weighted by molar-refractivity contribution is 5.88. The van der Waals surface area contributed by atoms with E-state index in [0.717, 1.165) is 48.0 Å². The number of benzene rings is 1. The number of hydrogen-bond donors (Lipinski definition) is 2. The van der Waals surface area contributed by atoms with Crippen molar-refractivity contribution in [3.8, 4) is 17.6 Å². The van der Waals surface area contributed by atoms with Crippen LogP contribution in [0, 0.1) is 11.8 Å². The number of aldehydes is 1. The quantitative estimate of drug-likeness (QED) is 0.262. The maximum Gasteiger partial charge on any atom is 0.246 e. The Morgan fingerprint density at radius 2 is 2.00 bits per heavy atom. The first-order valence-electron chi connectivity index (χ1n) is 13.2. The highest BCUT2D eigenvalue weighted by atomic mass is 16.5. The Hall–Kier alpha value is -4.14. The van der Waals surface area contributed by atoms with E-state index >= 15 is 0 Å². The number of aryl methyl sites for hydroxylation is 1. The summed E-state index contributed by atoms with van der Waals surface area (Å²) in [5.74, 6) is 7.49. The molecule has 214 valence electrons. The van der Waals surface area contributed by atoms with E-state index in [1.165, 1.54) is 26.0 Å². The number of carbonyl (C=O) groups is 2. The van der Waals surface area contributed by atoms with Gasteiger partial charge in [0.2, 0.25) is 5.91 Å². The number of rotatable bonds is 7. The van der Waals surface area contributed by atoms with E-state index in [1.807, 2.05) is 23.4 Å². The third-order valence-corrected chi connectivity index (χ3v) is 6.75. The van der Waals surface area contributed by atoms with Crippen LogP contribution >= 0.6 is 0 Å². The number of imidazole rings is 1. The van der Waals surface area contributed by atoms with Crippen LogP contribution in [0.1, 0.15) is 53.3 Å². The summed E-state index contributed by atoms with van der Waals surface area (Å²) in [6.45, 7) is 4.95. The second-order valence-corrected chi connectivity index (χ2v) is 9.27. The van der Waals surface area contributed by atoms with Crippen LogP contribution in [0.4, 0.5) is 5.82 Å². The van der Waals surface area contributed by atoms with Crippen LogP contribution in [0.15, 0.2) is 31.1 Å². The van der Waals surface area contributed by atoms with Crippen molar-refractivity contribution in [2.24, 2.45) is 12.8 Å². The molecule has 1 aliphatic heterocycles. The molecule has 2 aliphatic rings. The topological polar surface area (TPSA) is 130 Å². The van der Waals surface area contributed by atoms with Gasteiger partial charge in [0.25, 0.3) is 0 Å². The Labute approximate surface area is 235 Å². The summed E-state index contributed by atoms with van der Waals surface area (Å²) in [6.07, 6.45) is 8.49. The fourth-order valence-corrected chi connectivity index (χ4v) is 4.77. The largest absolute Gasteiger partial charge is 0.494 e. The van der Waals surface area contributed by atoms with Crippen molar-refractivity contribution in [3.05, 3.63) is 47.9 Å². The van der Waals surface area contributed by atoms with Gasteiger partial charge in [-0.2, -0.15) is 5.10 Å². The van der Waals surface area contributed by atoms with E-state index < -0.39 is 0 Å². The van der Waals surface area contributed by atoms with E-state index in [9.17, 15) is 9.59 Å². The van der Waals surface area contributed by atoms with Crippen LogP contribution in [0.5, 0.6) is 5.75 Å². The Bertz CT molecular complexity index is 1390. The molecule has 3 N–H and O–H groups in total. The number of nitrogens with two attached hydrogens (primary N) is 1. The highest BCUT2D eigenvalue weighted by Crippen LogP contribution is 2.39. The molecule has 0 bridgehead atoms. The predicted octanol–water partition coefficient (Wildman–Crippen LogP) is 2.75. The molecule has 2 aromatic heterocycles. The lowest BCUT2D eigenvalue weighted by Crippen LogP contribution is -2.36. The number of aromatic nitrogens is 4. The minimum Gasteiger partial charge on any atom is -0.494 e. The summed E-state index contributed by atoms with van der Waals surface area (Å²) in [6, 6.07) is 4.62. The zero-order valence-electron chi connectivity index (χ0n) is 23.9. The van der Waals surface area contributed by atoms with Crippen LogP contribution < -0.4 is 15.8 Å². The molecule has 1 saturated heterocycles. The van der Waals surface area contributed by atoms with Crippen molar-refractivity contribution in [2.75, 3.05) is 46.8 Å². The Balaban J connectivity index is 0.000000265. The predicted molar refractivity (Wildman–Crippen MR) is 156 cm³/mol. The molecule has 1 atom stereocenters. The smallest absolute Gasteiger partial charge is 0.246 e. The lowest BCUT2D eigenvalue weighted by atomic mass is 10.1. The minimum absolute atomic E-state index is 0.0227. The van der Waals surface area contributed by atoms with E-state index in [0.29, 0.717) is 29.7 Å². The standard InChI is InChI=1S/C19H19N5O2.C9H15NO2.CH5N/c1-20-19-14(10-25)15(22-23(19)2)7-4-12-8-16-18(17(9-12)26-3)24(11-21-16)13-5-6-13;1-3-9(11)10-6-4-5-8(10)7-12-2;1-2/h8-11,13,20H,5-6H2,1-3H3;3,8H,1,4-7H2,2H3;2H2,1H3.